The normalized spacial score (nSPS) is 13.5. The number of carbonyl (C=O) groups is 1. The van der Waals surface area contributed by atoms with Gasteiger partial charge in [-0.05, 0) is 5.92 Å². The zero-order valence-electron chi connectivity index (χ0n) is 6.91. The molecule has 11 heavy (non-hydrogen) atoms. The van der Waals surface area contributed by atoms with Gasteiger partial charge in [0.25, 0.3) is 0 Å². The van der Waals surface area contributed by atoms with Crippen molar-refractivity contribution in [2.75, 3.05) is 13.2 Å². The number of ether oxygens (including phenoxy) is 1. The third-order valence-electron chi connectivity index (χ3n) is 1.07. The van der Waals surface area contributed by atoms with Crippen molar-refractivity contribution >= 4 is 5.97 Å². The number of hydrogen-bond donors (Lipinski definition) is 2. The summed E-state index contributed by atoms with van der Waals surface area (Å²) >= 11 is 0. The van der Waals surface area contributed by atoms with Crippen LogP contribution in [0.1, 0.15) is 13.8 Å². The lowest BCUT2D eigenvalue weighted by molar-refractivity contribution is -0.140. The van der Waals surface area contributed by atoms with Gasteiger partial charge in [0.2, 0.25) is 0 Å². The lowest BCUT2D eigenvalue weighted by Crippen LogP contribution is -2.35. The molecule has 0 saturated carbocycles. The molecule has 0 radical (unpaired) electrons. The van der Waals surface area contributed by atoms with Crippen LogP contribution >= 0.6 is 0 Å². The highest BCUT2D eigenvalue weighted by molar-refractivity contribution is 5.73. The summed E-state index contributed by atoms with van der Waals surface area (Å²) in [6.45, 7) is 4.63. The van der Waals surface area contributed by atoms with Crippen molar-refractivity contribution in [2.45, 2.75) is 19.9 Å². The van der Waals surface area contributed by atoms with Crippen LogP contribution in [0.3, 0.4) is 0 Å². The molecule has 1 unspecified atom stereocenters. The minimum Gasteiger partial charge on any atom is -0.480 e. The van der Waals surface area contributed by atoms with Crippen LogP contribution in [0.4, 0.5) is 0 Å². The lowest BCUT2D eigenvalue weighted by atomic mass is 10.2. The van der Waals surface area contributed by atoms with Crippen molar-refractivity contribution in [3.63, 3.8) is 0 Å². The first kappa shape index (κ1) is 10.4. The third-order valence-corrected chi connectivity index (χ3v) is 1.07. The number of hydrogen-bond acceptors (Lipinski definition) is 3. The van der Waals surface area contributed by atoms with Crippen molar-refractivity contribution in [2.24, 2.45) is 11.7 Å². The SMILES string of the molecule is CC(C)COCC(N)C(=O)O. The molecule has 0 aliphatic heterocycles. The molecule has 0 aliphatic rings. The van der Waals surface area contributed by atoms with Crippen LogP contribution in [0.25, 0.3) is 0 Å². The molecule has 0 heterocycles. The average molecular weight is 161 g/mol. The number of carboxylic acid groups (broad SMARTS) is 1. The Balaban J connectivity index is 3.31. The maximum atomic E-state index is 10.2. The Labute approximate surface area is 66.3 Å². The van der Waals surface area contributed by atoms with E-state index in [-0.39, 0.29) is 6.61 Å². The van der Waals surface area contributed by atoms with Crippen molar-refractivity contribution in [1.82, 2.24) is 0 Å². The minimum absolute atomic E-state index is 0.0908. The van der Waals surface area contributed by atoms with E-state index < -0.39 is 12.0 Å². The Morgan fingerprint density at radius 2 is 2.09 bits per heavy atom. The van der Waals surface area contributed by atoms with Gasteiger partial charge in [-0.25, -0.2) is 0 Å². The van der Waals surface area contributed by atoms with Crippen molar-refractivity contribution in [3.05, 3.63) is 0 Å². The van der Waals surface area contributed by atoms with E-state index in [4.69, 9.17) is 15.6 Å². The summed E-state index contributed by atoms with van der Waals surface area (Å²) in [4.78, 5) is 10.2. The summed E-state index contributed by atoms with van der Waals surface area (Å²) in [6.07, 6.45) is 0. The van der Waals surface area contributed by atoms with E-state index in [2.05, 4.69) is 0 Å². The molecule has 4 nitrogen and oxygen atoms in total. The minimum atomic E-state index is -1.02. The molecular formula is C7H15NO3. The highest BCUT2D eigenvalue weighted by Gasteiger charge is 2.10. The number of carboxylic acids is 1. The zero-order chi connectivity index (χ0) is 8.85. The number of nitrogens with two attached hydrogens (primary N) is 1. The Hall–Kier alpha value is -0.610. The first-order valence-electron chi connectivity index (χ1n) is 3.60. The van der Waals surface area contributed by atoms with Crippen LogP contribution in [-0.2, 0) is 9.53 Å². The van der Waals surface area contributed by atoms with Gasteiger partial charge in [-0.3, -0.25) is 4.79 Å². The fraction of sp³-hybridized carbons (Fsp3) is 0.857. The van der Waals surface area contributed by atoms with Crippen molar-refractivity contribution < 1.29 is 14.6 Å². The molecule has 0 bridgehead atoms. The van der Waals surface area contributed by atoms with Crippen LogP contribution < -0.4 is 5.73 Å². The molecule has 0 spiro atoms. The average Bonchev–Trinajstić information content (AvgIpc) is 1.86. The first-order chi connectivity index (χ1) is 5.04. The van der Waals surface area contributed by atoms with E-state index in [1.807, 2.05) is 13.8 Å². The Kier molecular flexibility index (Phi) is 4.81. The van der Waals surface area contributed by atoms with E-state index in [0.29, 0.717) is 12.5 Å². The zero-order valence-corrected chi connectivity index (χ0v) is 6.91. The van der Waals surface area contributed by atoms with Crippen LogP contribution in [0.2, 0.25) is 0 Å². The van der Waals surface area contributed by atoms with Crippen LogP contribution in [0.15, 0.2) is 0 Å². The summed E-state index contributed by atoms with van der Waals surface area (Å²) in [6, 6.07) is -0.895. The highest BCUT2D eigenvalue weighted by Crippen LogP contribution is 1.92. The summed E-state index contributed by atoms with van der Waals surface area (Å²) < 4.78 is 5.01. The molecule has 3 N–H and O–H groups in total. The first-order valence-corrected chi connectivity index (χ1v) is 3.60. The van der Waals surface area contributed by atoms with Crippen molar-refractivity contribution in [3.8, 4) is 0 Å². The monoisotopic (exact) mass is 161 g/mol. The molecule has 0 saturated heterocycles. The Bertz CT molecular complexity index is 125. The largest absolute Gasteiger partial charge is 0.480 e. The Morgan fingerprint density at radius 1 is 1.55 bits per heavy atom. The topological polar surface area (TPSA) is 72.5 Å². The van der Waals surface area contributed by atoms with E-state index >= 15 is 0 Å². The van der Waals surface area contributed by atoms with Gasteiger partial charge in [0.1, 0.15) is 6.04 Å². The molecule has 0 aliphatic carbocycles. The van der Waals surface area contributed by atoms with Gasteiger partial charge in [0, 0.05) is 6.61 Å². The highest BCUT2D eigenvalue weighted by atomic mass is 16.5. The molecule has 1 atom stereocenters. The maximum absolute atomic E-state index is 10.2. The van der Waals surface area contributed by atoms with E-state index in [9.17, 15) is 4.79 Å². The number of aliphatic carboxylic acids is 1. The van der Waals surface area contributed by atoms with Crippen LogP contribution in [0, 0.1) is 5.92 Å². The lowest BCUT2D eigenvalue weighted by Gasteiger charge is -2.08. The van der Waals surface area contributed by atoms with E-state index in [1.165, 1.54) is 0 Å². The van der Waals surface area contributed by atoms with Gasteiger partial charge < -0.3 is 15.6 Å². The van der Waals surface area contributed by atoms with Gasteiger partial charge in [-0.2, -0.15) is 0 Å². The molecule has 0 amide bonds. The summed E-state index contributed by atoms with van der Waals surface area (Å²) in [5.74, 6) is -0.607. The van der Waals surface area contributed by atoms with Gasteiger partial charge in [-0.15, -0.1) is 0 Å². The molecule has 0 fully saturated rings. The second kappa shape index (κ2) is 5.09. The second-order valence-electron chi connectivity index (χ2n) is 2.88. The predicted octanol–water partition coefficient (Wildman–Crippen LogP) is 0.0709. The third kappa shape index (κ3) is 5.82. The summed E-state index contributed by atoms with van der Waals surface area (Å²) in [7, 11) is 0. The standard InChI is InChI=1S/C7H15NO3/c1-5(2)3-11-4-6(8)7(9)10/h5-6H,3-4,8H2,1-2H3,(H,9,10). The number of rotatable bonds is 5. The molecular weight excluding hydrogens is 146 g/mol. The molecule has 0 aromatic heterocycles. The van der Waals surface area contributed by atoms with Gasteiger partial charge in [-0.1, -0.05) is 13.8 Å². The maximum Gasteiger partial charge on any atom is 0.322 e. The fourth-order valence-electron chi connectivity index (χ4n) is 0.502. The molecule has 66 valence electrons. The molecule has 0 aromatic carbocycles. The van der Waals surface area contributed by atoms with Crippen molar-refractivity contribution in [1.29, 1.82) is 0 Å². The molecule has 0 rings (SSSR count). The molecule has 0 aromatic rings. The molecule has 4 heteroatoms. The fourth-order valence-corrected chi connectivity index (χ4v) is 0.502. The van der Waals surface area contributed by atoms with Gasteiger partial charge in [0.05, 0.1) is 6.61 Å². The van der Waals surface area contributed by atoms with E-state index in [0.717, 1.165) is 0 Å². The predicted molar refractivity (Wildman–Crippen MR) is 41.3 cm³/mol. The second-order valence-corrected chi connectivity index (χ2v) is 2.88. The van der Waals surface area contributed by atoms with Crippen LogP contribution in [0.5, 0.6) is 0 Å². The van der Waals surface area contributed by atoms with E-state index in [1.54, 1.807) is 0 Å². The van der Waals surface area contributed by atoms with Gasteiger partial charge >= 0.3 is 5.97 Å². The summed E-state index contributed by atoms with van der Waals surface area (Å²) in [5, 5.41) is 8.34. The van der Waals surface area contributed by atoms with Gasteiger partial charge in [0.15, 0.2) is 0 Å². The smallest absolute Gasteiger partial charge is 0.322 e. The quantitative estimate of drug-likeness (QED) is 0.598. The van der Waals surface area contributed by atoms with Crippen LogP contribution in [-0.4, -0.2) is 30.3 Å². The summed E-state index contributed by atoms with van der Waals surface area (Å²) in [5.41, 5.74) is 5.18. The Morgan fingerprint density at radius 3 is 2.45 bits per heavy atom.